The van der Waals surface area contributed by atoms with Gasteiger partial charge in [0.1, 0.15) is 0 Å². The number of benzene rings is 1. The Bertz CT molecular complexity index is 465. The number of aliphatic hydroxyl groups excluding tert-OH is 3. The smallest absolute Gasteiger partial charge is 0.260 e. The molecule has 0 saturated carbocycles. The molecule has 2 unspecified atom stereocenters. The van der Waals surface area contributed by atoms with Crippen LogP contribution in [0, 0.1) is 0 Å². The van der Waals surface area contributed by atoms with Gasteiger partial charge in [0.2, 0.25) is 0 Å². The lowest BCUT2D eigenvalue weighted by molar-refractivity contribution is -0.125. The Morgan fingerprint density at radius 3 is 2.89 bits per heavy atom. The number of thioether (sulfide) groups is 1. The molecule has 1 aliphatic heterocycles. The number of anilines is 1. The zero-order valence-electron chi connectivity index (χ0n) is 9.91. The molecule has 0 aromatic heterocycles. The van der Waals surface area contributed by atoms with Crippen LogP contribution in [0.15, 0.2) is 23.1 Å². The van der Waals surface area contributed by atoms with Crippen LogP contribution < -0.4 is 4.90 Å². The number of hydrogen-bond donors (Lipinski definition) is 3. The van der Waals surface area contributed by atoms with Gasteiger partial charge in [-0.25, -0.2) is 0 Å². The quantitative estimate of drug-likeness (QED) is 0.678. The molecule has 0 aliphatic carbocycles. The van der Waals surface area contributed by atoms with Crippen molar-refractivity contribution in [2.75, 3.05) is 24.3 Å². The first-order valence-corrected chi connectivity index (χ1v) is 6.54. The average Bonchev–Trinajstić information content (AvgIpc) is 2.61. The van der Waals surface area contributed by atoms with Crippen LogP contribution in [0.4, 0.5) is 5.69 Å². The van der Waals surface area contributed by atoms with Gasteiger partial charge in [-0.1, -0.05) is 6.07 Å². The van der Waals surface area contributed by atoms with Gasteiger partial charge in [-0.05, 0) is 12.1 Å². The molecule has 3 N–H and O–H groups in total. The number of carbonyl (C=O) groups excluding carboxylic acids is 1. The third-order valence-corrected chi connectivity index (χ3v) is 4.01. The zero-order chi connectivity index (χ0) is 13.3. The molecule has 2 rings (SSSR count). The molecule has 1 aromatic carbocycles. The van der Waals surface area contributed by atoms with Crippen LogP contribution in [0.2, 0.25) is 0 Å². The monoisotopic (exact) mass is 269 g/mol. The number of aliphatic hydroxyl groups is 3. The third kappa shape index (κ3) is 2.37. The summed E-state index contributed by atoms with van der Waals surface area (Å²) in [7, 11) is 1.62. The highest BCUT2D eigenvalue weighted by atomic mass is 32.2. The molecule has 0 radical (unpaired) electrons. The lowest BCUT2D eigenvalue weighted by Crippen LogP contribution is -2.23. The first kappa shape index (κ1) is 13.4. The third-order valence-electron chi connectivity index (χ3n) is 2.88. The van der Waals surface area contributed by atoms with E-state index in [1.54, 1.807) is 25.2 Å². The van der Waals surface area contributed by atoms with E-state index in [0.717, 1.165) is 4.90 Å². The lowest BCUT2D eigenvalue weighted by Gasteiger charge is -2.11. The van der Waals surface area contributed by atoms with Crippen molar-refractivity contribution in [3.05, 3.63) is 23.8 Å². The summed E-state index contributed by atoms with van der Waals surface area (Å²) in [5, 5.41) is 27.7. The van der Waals surface area contributed by atoms with Crippen molar-refractivity contribution >= 4 is 23.4 Å². The summed E-state index contributed by atoms with van der Waals surface area (Å²) in [5.74, 6) is 0.0534. The normalized spacial score (nSPS) is 20.1. The molecule has 0 fully saturated rings. The van der Waals surface area contributed by atoms with E-state index in [0.29, 0.717) is 17.0 Å². The van der Waals surface area contributed by atoms with E-state index >= 15 is 0 Å². The predicted octanol–water partition coefficient (Wildman–Crippen LogP) is 0.142. The fourth-order valence-electron chi connectivity index (χ4n) is 1.82. The minimum Gasteiger partial charge on any atom is -0.394 e. The number of rotatable bonds is 4. The molecule has 6 heteroatoms. The zero-order valence-corrected chi connectivity index (χ0v) is 10.7. The van der Waals surface area contributed by atoms with Gasteiger partial charge in [0.05, 0.1) is 18.4 Å². The van der Waals surface area contributed by atoms with E-state index in [1.807, 2.05) is 0 Å². The van der Waals surface area contributed by atoms with Gasteiger partial charge >= 0.3 is 0 Å². The van der Waals surface area contributed by atoms with E-state index in [9.17, 15) is 15.0 Å². The molecule has 5 nitrogen and oxygen atoms in total. The molecule has 1 aromatic rings. The second-order valence-electron chi connectivity index (χ2n) is 4.17. The van der Waals surface area contributed by atoms with Crippen molar-refractivity contribution < 1.29 is 20.1 Å². The maximum Gasteiger partial charge on any atom is 0.260 e. The van der Waals surface area contributed by atoms with Crippen molar-refractivity contribution in [1.29, 1.82) is 0 Å². The molecule has 0 bridgehead atoms. The van der Waals surface area contributed by atoms with Gasteiger partial charge in [0.15, 0.2) is 6.10 Å². The largest absolute Gasteiger partial charge is 0.394 e. The molecule has 98 valence electrons. The first-order valence-electron chi connectivity index (χ1n) is 5.56. The van der Waals surface area contributed by atoms with Crippen LogP contribution in [-0.4, -0.2) is 46.7 Å². The van der Waals surface area contributed by atoms with Crippen LogP contribution in [0.3, 0.4) is 0 Å². The molecular formula is C12H15NO4S. The highest BCUT2D eigenvalue weighted by Crippen LogP contribution is 2.37. The number of fused-ring (bicyclic) bond motifs is 1. The fourth-order valence-corrected chi connectivity index (χ4v) is 2.66. The Labute approximate surface area is 109 Å². The van der Waals surface area contributed by atoms with Crippen molar-refractivity contribution in [3.8, 4) is 0 Å². The molecule has 0 saturated heterocycles. The lowest BCUT2D eigenvalue weighted by atomic mass is 10.1. The molecule has 0 spiro atoms. The molecule has 1 aliphatic rings. The highest BCUT2D eigenvalue weighted by molar-refractivity contribution is 7.99. The minimum absolute atomic E-state index is 0.269. The summed E-state index contributed by atoms with van der Waals surface area (Å²) in [4.78, 5) is 13.9. The second-order valence-corrected chi connectivity index (χ2v) is 5.26. The molecule has 2 atom stereocenters. The number of likely N-dealkylation sites (N-methyl/N-ethyl adjacent to an activating group) is 1. The Kier molecular flexibility index (Phi) is 3.91. The summed E-state index contributed by atoms with van der Waals surface area (Å²) >= 11 is 1.39. The number of hydrogen-bond acceptors (Lipinski definition) is 5. The Balaban J connectivity index is 2.16. The van der Waals surface area contributed by atoms with Gasteiger partial charge < -0.3 is 20.2 Å². The maximum absolute atomic E-state index is 11.6. The Morgan fingerprint density at radius 1 is 1.50 bits per heavy atom. The molecular weight excluding hydrogens is 254 g/mol. The van der Waals surface area contributed by atoms with Crippen molar-refractivity contribution in [2.24, 2.45) is 0 Å². The summed E-state index contributed by atoms with van der Waals surface area (Å²) in [5.41, 5.74) is 1.30. The van der Waals surface area contributed by atoms with Crippen molar-refractivity contribution in [1.82, 2.24) is 0 Å². The minimum atomic E-state index is -1.08. The van der Waals surface area contributed by atoms with Crippen LogP contribution in [0.5, 0.6) is 0 Å². The van der Waals surface area contributed by atoms with E-state index in [1.165, 1.54) is 16.7 Å². The second kappa shape index (κ2) is 5.27. The van der Waals surface area contributed by atoms with Crippen LogP contribution >= 0.6 is 11.8 Å². The standard InChI is InChI=1S/C12H15NO4S/c1-13-10-4-8(18-6-7(15)5-14)2-3-9(10)11(16)12(13)17/h2-4,7,11,14-16H,5-6H2,1H3. The molecule has 1 amide bonds. The summed E-state index contributed by atoms with van der Waals surface area (Å²) in [6.07, 6.45) is -1.83. The van der Waals surface area contributed by atoms with Crippen molar-refractivity contribution in [2.45, 2.75) is 17.1 Å². The molecule has 1 heterocycles. The summed E-state index contributed by atoms with van der Waals surface area (Å²) < 4.78 is 0. The average molecular weight is 269 g/mol. The SMILES string of the molecule is CN1C(=O)C(O)c2ccc(SCC(O)CO)cc21. The van der Waals surface area contributed by atoms with E-state index < -0.39 is 12.2 Å². The topological polar surface area (TPSA) is 81.0 Å². The van der Waals surface area contributed by atoms with Gasteiger partial charge in [-0.2, -0.15) is 0 Å². The maximum atomic E-state index is 11.6. The van der Waals surface area contributed by atoms with E-state index in [4.69, 9.17) is 5.11 Å². The number of nitrogens with zero attached hydrogens (tertiary/aromatic N) is 1. The van der Waals surface area contributed by atoms with E-state index in [2.05, 4.69) is 0 Å². The Hall–Kier alpha value is -1.08. The van der Waals surface area contributed by atoms with E-state index in [-0.39, 0.29) is 12.5 Å². The Morgan fingerprint density at radius 2 is 2.22 bits per heavy atom. The van der Waals surface area contributed by atoms with Crippen molar-refractivity contribution in [3.63, 3.8) is 0 Å². The predicted molar refractivity (Wildman–Crippen MR) is 68.6 cm³/mol. The summed E-state index contributed by atoms with van der Waals surface area (Å²) in [6, 6.07) is 5.32. The number of carbonyl (C=O) groups is 1. The number of amides is 1. The van der Waals surface area contributed by atoms with Gasteiger partial charge in [-0.15, -0.1) is 11.8 Å². The molecule has 18 heavy (non-hydrogen) atoms. The van der Waals surface area contributed by atoms with Gasteiger partial charge in [0.25, 0.3) is 5.91 Å². The highest BCUT2D eigenvalue weighted by Gasteiger charge is 2.33. The van der Waals surface area contributed by atoms with Gasteiger partial charge in [0, 0.05) is 23.3 Å². The van der Waals surface area contributed by atoms with Gasteiger partial charge in [-0.3, -0.25) is 4.79 Å². The fraction of sp³-hybridized carbons (Fsp3) is 0.417. The summed E-state index contributed by atoms with van der Waals surface area (Å²) in [6.45, 7) is -0.269. The van der Waals surface area contributed by atoms with Crippen LogP contribution in [-0.2, 0) is 4.79 Å². The van der Waals surface area contributed by atoms with Crippen LogP contribution in [0.1, 0.15) is 11.7 Å². The van der Waals surface area contributed by atoms with Crippen LogP contribution in [0.25, 0.3) is 0 Å². The first-order chi connectivity index (χ1) is 8.54.